The smallest absolute Gasteiger partial charge is 0.266 e. The molecule has 162 valence electrons. The van der Waals surface area contributed by atoms with Gasteiger partial charge in [-0.2, -0.15) is 5.26 Å². The number of nitriles is 1. The van der Waals surface area contributed by atoms with E-state index in [0.29, 0.717) is 32.8 Å². The summed E-state index contributed by atoms with van der Waals surface area (Å²) in [5.74, 6) is 0.298. The van der Waals surface area contributed by atoms with Crippen LogP contribution in [0, 0.1) is 11.3 Å². The van der Waals surface area contributed by atoms with Crippen molar-refractivity contribution in [2.75, 3.05) is 12.4 Å². The molecular weight excluding hydrogens is 515 g/mol. The molecule has 0 bridgehead atoms. The van der Waals surface area contributed by atoms with Gasteiger partial charge >= 0.3 is 0 Å². The highest BCUT2D eigenvalue weighted by Crippen LogP contribution is 2.33. The van der Waals surface area contributed by atoms with Crippen LogP contribution in [0.5, 0.6) is 11.5 Å². The quantitative estimate of drug-likeness (QED) is 0.266. The highest BCUT2D eigenvalue weighted by atomic mass is 79.9. The first kappa shape index (κ1) is 23.7. The molecule has 1 amide bonds. The second kappa shape index (κ2) is 11.1. The first-order chi connectivity index (χ1) is 15.4. The third-order valence-electron chi connectivity index (χ3n) is 4.31. The Hall–Kier alpha value is -2.98. The average molecular weight is 532 g/mol. The fraction of sp³-hybridized carbons (Fsp3) is 0.0833. The van der Waals surface area contributed by atoms with Crippen LogP contribution in [0.2, 0.25) is 10.0 Å². The van der Waals surface area contributed by atoms with Crippen molar-refractivity contribution in [2.24, 2.45) is 0 Å². The molecule has 0 aliphatic carbocycles. The number of anilines is 1. The Morgan fingerprint density at radius 1 is 1.12 bits per heavy atom. The van der Waals surface area contributed by atoms with Crippen molar-refractivity contribution < 1.29 is 14.3 Å². The topological polar surface area (TPSA) is 71.3 Å². The maximum atomic E-state index is 12.7. The molecule has 0 atom stereocenters. The fourth-order valence-electron chi connectivity index (χ4n) is 2.83. The van der Waals surface area contributed by atoms with Gasteiger partial charge in [-0.25, -0.2) is 0 Å². The van der Waals surface area contributed by atoms with Gasteiger partial charge in [0, 0.05) is 25.8 Å². The van der Waals surface area contributed by atoms with Gasteiger partial charge in [-0.15, -0.1) is 0 Å². The van der Waals surface area contributed by atoms with Crippen molar-refractivity contribution >= 4 is 56.8 Å². The number of para-hydroxylation sites is 1. The molecule has 3 aromatic rings. The average Bonchev–Trinajstić information content (AvgIpc) is 2.76. The van der Waals surface area contributed by atoms with E-state index >= 15 is 0 Å². The van der Waals surface area contributed by atoms with Gasteiger partial charge in [-0.05, 0) is 48.0 Å². The molecule has 3 aromatic carbocycles. The SMILES string of the molecule is COc1cccc(/C=C(/C#N)C(=O)Nc2cc(Cl)cc(Cl)c2)c1OCc1ccc(Br)cc1. The molecule has 5 nitrogen and oxygen atoms in total. The Kier molecular flexibility index (Phi) is 8.18. The molecule has 0 fully saturated rings. The monoisotopic (exact) mass is 530 g/mol. The zero-order chi connectivity index (χ0) is 23.1. The number of benzene rings is 3. The van der Waals surface area contributed by atoms with Gasteiger partial charge in [0.15, 0.2) is 11.5 Å². The summed E-state index contributed by atoms with van der Waals surface area (Å²) in [6.07, 6.45) is 1.45. The van der Waals surface area contributed by atoms with E-state index < -0.39 is 5.91 Å². The Labute approximate surface area is 204 Å². The highest BCUT2D eigenvalue weighted by Gasteiger charge is 2.15. The van der Waals surface area contributed by atoms with Crippen molar-refractivity contribution in [2.45, 2.75) is 6.61 Å². The number of halogens is 3. The van der Waals surface area contributed by atoms with Gasteiger partial charge in [-0.3, -0.25) is 4.79 Å². The molecule has 0 radical (unpaired) electrons. The lowest BCUT2D eigenvalue weighted by atomic mass is 10.1. The lowest BCUT2D eigenvalue weighted by Crippen LogP contribution is -2.13. The summed E-state index contributed by atoms with van der Waals surface area (Å²) < 4.78 is 12.4. The van der Waals surface area contributed by atoms with E-state index in [-0.39, 0.29) is 12.2 Å². The lowest BCUT2D eigenvalue weighted by Gasteiger charge is -2.14. The zero-order valence-corrected chi connectivity index (χ0v) is 20.0. The number of hydrogen-bond acceptors (Lipinski definition) is 4. The Morgan fingerprint density at radius 2 is 1.81 bits per heavy atom. The van der Waals surface area contributed by atoms with Crippen LogP contribution in [0.25, 0.3) is 6.08 Å². The number of carbonyl (C=O) groups excluding carboxylic acids is 1. The van der Waals surface area contributed by atoms with Crippen LogP contribution in [0.1, 0.15) is 11.1 Å². The van der Waals surface area contributed by atoms with Crippen LogP contribution in [0.15, 0.2) is 70.7 Å². The second-order valence-electron chi connectivity index (χ2n) is 6.58. The number of ether oxygens (including phenoxy) is 2. The molecule has 0 aromatic heterocycles. The van der Waals surface area contributed by atoms with Crippen LogP contribution in [0.4, 0.5) is 5.69 Å². The van der Waals surface area contributed by atoms with Crippen LogP contribution >= 0.6 is 39.1 Å². The van der Waals surface area contributed by atoms with Crippen molar-refractivity contribution in [3.05, 3.63) is 91.9 Å². The van der Waals surface area contributed by atoms with Crippen LogP contribution in [-0.2, 0) is 11.4 Å². The minimum Gasteiger partial charge on any atom is -0.493 e. The molecule has 0 unspecified atom stereocenters. The summed E-state index contributed by atoms with van der Waals surface area (Å²) in [7, 11) is 1.52. The van der Waals surface area contributed by atoms with Gasteiger partial charge in [0.1, 0.15) is 18.2 Å². The standard InChI is InChI=1S/C24H17BrCl2N2O3/c1-31-22-4-2-3-16(23(22)32-14-15-5-7-18(25)8-6-15)9-17(13-28)24(30)29-21-11-19(26)10-20(27)12-21/h2-12H,14H2,1H3,(H,29,30)/b17-9-. The minimum atomic E-state index is -0.604. The highest BCUT2D eigenvalue weighted by molar-refractivity contribution is 9.10. The summed E-state index contributed by atoms with van der Waals surface area (Å²) in [4.78, 5) is 12.7. The molecule has 0 heterocycles. The van der Waals surface area contributed by atoms with E-state index in [1.807, 2.05) is 30.3 Å². The Morgan fingerprint density at radius 3 is 2.44 bits per heavy atom. The maximum absolute atomic E-state index is 12.7. The molecule has 0 saturated carbocycles. The largest absolute Gasteiger partial charge is 0.493 e. The summed E-state index contributed by atoms with van der Waals surface area (Å²) in [5, 5.41) is 13.0. The normalized spacial score (nSPS) is 10.9. The van der Waals surface area contributed by atoms with Crippen LogP contribution in [-0.4, -0.2) is 13.0 Å². The van der Waals surface area contributed by atoms with Gasteiger partial charge in [0.05, 0.1) is 7.11 Å². The van der Waals surface area contributed by atoms with Gasteiger partial charge in [0.2, 0.25) is 0 Å². The lowest BCUT2D eigenvalue weighted by molar-refractivity contribution is -0.112. The first-order valence-electron chi connectivity index (χ1n) is 9.33. The van der Waals surface area contributed by atoms with Gasteiger partial charge in [0.25, 0.3) is 5.91 Å². The third-order valence-corrected chi connectivity index (χ3v) is 5.28. The molecule has 0 spiro atoms. The molecule has 0 saturated heterocycles. The molecule has 1 N–H and O–H groups in total. The summed E-state index contributed by atoms with van der Waals surface area (Å²) in [6.45, 7) is 0.281. The van der Waals surface area contributed by atoms with Crippen molar-refractivity contribution in [3.63, 3.8) is 0 Å². The Bertz CT molecular complexity index is 1180. The predicted molar refractivity (Wildman–Crippen MR) is 130 cm³/mol. The number of amides is 1. The summed E-state index contributed by atoms with van der Waals surface area (Å²) in [5.41, 5.74) is 1.73. The number of rotatable bonds is 7. The number of nitrogens with one attached hydrogen (secondary N) is 1. The third kappa shape index (κ3) is 6.27. The van der Waals surface area contributed by atoms with Crippen LogP contribution < -0.4 is 14.8 Å². The van der Waals surface area contributed by atoms with E-state index in [9.17, 15) is 10.1 Å². The molecule has 0 aliphatic heterocycles. The van der Waals surface area contributed by atoms with Gasteiger partial charge < -0.3 is 14.8 Å². The van der Waals surface area contributed by atoms with E-state index in [2.05, 4.69) is 21.2 Å². The number of carbonyl (C=O) groups is 1. The number of nitrogens with zero attached hydrogens (tertiary/aromatic N) is 1. The van der Waals surface area contributed by atoms with Crippen molar-refractivity contribution in [1.29, 1.82) is 5.26 Å². The van der Waals surface area contributed by atoms with Crippen LogP contribution in [0.3, 0.4) is 0 Å². The molecule has 32 heavy (non-hydrogen) atoms. The molecule has 0 aliphatic rings. The molecule has 3 rings (SSSR count). The van der Waals surface area contributed by atoms with Crippen molar-refractivity contribution in [3.8, 4) is 17.6 Å². The van der Waals surface area contributed by atoms with E-state index in [0.717, 1.165) is 10.0 Å². The second-order valence-corrected chi connectivity index (χ2v) is 8.36. The van der Waals surface area contributed by atoms with Crippen molar-refractivity contribution in [1.82, 2.24) is 0 Å². The maximum Gasteiger partial charge on any atom is 0.266 e. The molecular formula is C24H17BrCl2N2O3. The van der Waals surface area contributed by atoms with Gasteiger partial charge in [-0.1, -0.05) is 63.4 Å². The Balaban J connectivity index is 1.88. The minimum absolute atomic E-state index is 0.122. The number of hydrogen-bond donors (Lipinski definition) is 1. The fourth-order valence-corrected chi connectivity index (χ4v) is 3.62. The predicted octanol–water partition coefficient (Wildman–Crippen LogP) is 6.89. The zero-order valence-electron chi connectivity index (χ0n) is 16.9. The van der Waals surface area contributed by atoms with E-state index in [1.54, 1.807) is 36.4 Å². The summed E-state index contributed by atoms with van der Waals surface area (Å²) in [6, 6.07) is 19.5. The summed E-state index contributed by atoms with van der Waals surface area (Å²) >= 11 is 15.4. The number of methoxy groups -OCH3 is 1. The molecule has 8 heteroatoms. The van der Waals surface area contributed by atoms with E-state index in [1.165, 1.54) is 13.2 Å². The van der Waals surface area contributed by atoms with E-state index in [4.69, 9.17) is 32.7 Å². The first-order valence-corrected chi connectivity index (χ1v) is 10.9.